The molecule has 1 aliphatic rings. The van der Waals surface area contributed by atoms with Gasteiger partial charge in [0, 0.05) is 18.0 Å². The largest absolute Gasteiger partial charge is 0.297 e. The van der Waals surface area contributed by atoms with Gasteiger partial charge in [-0.05, 0) is 61.3 Å². The van der Waals surface area contributed by atoms with Crippen LogP contribution in [0.3, 0.4) is 0 Å². The first-order valence-corrected chi connectivity index (χ1v) is 10.9. The number of nitrogens with one attached hydrogen (secondary N) is 1. The van der Waals surface area contributed by atoms with Gasteiger partial charge in [-0.2, -0.15) is 0 Å². The molecule has 0 atom stereocenters. The molecule has 1 N–H and O–H groups in total. The van der Waals surface area contributed by atoms with Gasteiger partial charge in [-0.1, -0.05) is 57.2 Å². The standard InChI is InChI=1S/C22H30NOP/c1-22(2,3)18-14-16-19(17-15-18)23-25(24,20-10-6-4-7-11-20)21-12-8-5-9-13-21/h4-13,18-19H,14-17H2,1-3H3,(H,23,24)/i19D. The van der Waals surface area contributed by atoms with Crippen LogP contribution in [0.15, 0.2) is 60.7 Å². The average molecular weight is 356 g/mol. The zero-order chi connectivity index (χ0) is 18.8. The number of hydrogen-bond donors (Lipinski definition) is 1. The van der Waals surface area contributed by atoms with Gasteiger partial charge >= 0.3 is 0 Å². The van der Waals surface area contributed by atoms with E-state index in [0.717, 1.165) is 36.3 Å². The van der Waals surface area contributed by atoms with E-state index in [-0.39, 0.29) is 5.41 Å². The summed E-state index contributed by atoms with van der Waals surface area (Å²) >= 11 is 0. The van der Waals surface area contributed by atoms with Crippen molar-refractivity contribution >= 4 is 17.9 Å². The molecule has 0 saturated heterocycles. The van der Waals surface area contributed by atoms with Crippen LogP contribution in [0.4, 0.5) is 0 Å². The van der Waals surface area contributed by atoms with E-state index in [1.165, 1.54) is 0 Å². The van der Waals surface area contributed by atoms with Crippen LogP contribution in [0.1, 0.15) is 47.8 Å². The third-order valence-electron chi connectivity index (χ3n) is 5.37. The molecule has 0 unspecified atom stereocenters. The molecule has 2 aromatic rings. The lowest BCUT2D eigenvalue weighted by Gasteiger charge is -2.38. The SMILES string of the molecule is [2H]C1(NP(=O)(c2ccccc2)c2ccccc2)CCC(C(C)(C)C)CC1. The van der Waals surface area contributed by atoms with E-state index in [1.54, 1.807) is 0 Å². The Labute approximate surface area is 153 Å². The summed E-state index contributed by atoms with van der Waals surface area (Å²) in [6, 6.07) is 18.3. The molecule has 2 aromatic carbocycles. The van der Waals surface area contributed by atoms with Gasteiger partial charge in [0.2, 0.25) is 7.29 Å². The molecular formula is C22H30NOP. The van der Waals surface area contributed by atoms with Crippen LogP contribution in [0.2, 0.25) is 0 Å². The summed E-state index contributed by atoms with van der Waals surface area (Å²) in [5.74, 6) is 0.621. The minimum atomic E-state index is -3.06. The van der Waals surface area contributed by atoms with Crippen LogP contribution in [0, 0.1) is 11.3 Å². The normalized spacial score (nSPS) is 25.4. The van der Waals surface area contributed by atoms with Crippen molar-refractivity contribution in [2.24, 2.45) is 11.3 Å². The third kappa shape index (κ3) is 4.25. The zero-order valence-corrected chi connectivity index (χ0v) is 16.4. The van der Waals surface area contributed by atoms with Crippen LogP contribution < -0.4 is 15.7 Å². The second-order valence-corrected chi connectivity index (χ2v) is 10.6. The van der Waals surface area contributed by atoms with E-state index in [9.17, 15) is 4.57 Å². The molecule has 3 rings (SSSR count). The zero-order valence-electron chi connectivity index (χ0n) is 16.5. The van der Waals surface area contributed by atoms with Crippen molar-refractivity contribution in [2.45, 2.75) is 52.5 Å². The monoisotopic (exact) mass is 356 g/mol. The number of hydrogen-bond acceptors (Lipinski definition) is 1. The highest BCUT2D eigenvalue weighted by Gasteiger charge is 2.34. The average Bonchev–Trinajstić information content (AvgIpc) is 2.62. The lowest BCUT2D eigenvalue weighted by Crippen LogP contribution is -2.39. The summed E-state index contributed by atoms with van der Waals surface area (Å²) in [6.45, 7) is 6.84. The summed E-state index contributed by atoms with van der Waals surface area (Å²) < 4.78 is 23.1. The first kappa shape index (κ1) is 17.1. The first-order chi connectivity index (χ1) is 12.2. The molecule has 0 aromatic heterocycles. The topological polar surface area (TPSA) is 29.1 Å². The van der Waals surface area contributed by atoms with Gasteiger partial charge in [0.1, 0.15) is 0 Å². The Morgan fingerprint density at radius 3 is 1.72 bits per heavy atom. The second kappa shape index (κ2) is 7.48. The molecule has 1 saturated carbocycles. The quantitative estimate of drug-likeness (QED) is 0.771. The Bertz CT molecular complexity index is 718. The minimum absolute atomic E-state index is 0.268. The molecule has 2 nitrogen and oxygen atoms in total. The van der Waals surface area contributed by atoms with Gasteiger partial charge in [0.15, 0.2) is 0 Å². The summed E-state index contributed by atoms with van der Waals surface area (Å²) in [5, 5.41) is 4.88. The maximum Gasteiger partial charge on any atom is 0.204 e. The Hall–Kier alpha value is -1.37. The predicted molar refractivity (Wildman–Crippen MR) is 108 cm³/mol. The van der Waals surface area contributed by atoms with Gasteiger partial charge in [-0.3, -0.25) is 9.65 Å². The maximum atomic E-state index is 14.1. The molecular weight excluding hydrogens is 325 g/mol. The number of rotatable bonds is 4. The van der Waals surface area contributed by atoms with E-state index in [4.69, 9.17) is 1.37 Å². The Morgan fingerprint density at radius 2 is 1.32 bits per heavy atom. The van der Waals surface area contributed by atoms with Crippen molar-refractivity contribution in [3.05, 3.63) is 60.7 Å². The van der Waals surface area contributed by atoms with E-state index in [1.807, 2.05) is 60.7 Å². The van der Waals surface area contributed by atoms with E-state index < -0.39 is 13.3 Å². The van der Waals surface area contributed by atoms with Crippen molar-refractivity contribution in [1.29, 1.82) is 0 Å². The van der Waals surface area contributed by atoms with E-state index in [2.05, 4.69) is 25.9 Å². The van der Waals surface area contributed by atoms with Crippen LogP contribution in [0.25, 0.3) is 0 Å². The molecule has 3 heteroatoms. The summed E-state index contributed by atoms with van der Waals surface area (Å²) in [7, 11) is -3.06. The molecule has 0 aliphatic heterocycles. The Kier molecular flexibility index (Phi) is 5.10. The Morgan fingerprint density at radius 1 is 0.880 bits per heavy atom. The van der Waals surface area contributed by atoms with Crippen molar-refractivity contribution in [2.75, 3.05) is 0 Å². The molecule has 0 radical (unpaired) electrons. The minimum Gasteiger partial charge on any atom is -0.297 e. The lowest BCUT2D eigenvalue weighted by molar-refractivity contribution is 0.166. The van der Waals surface area contributed by atoms with Crippen LogP contribution in [-0.4, -0.2) is 6.02 Å². The van der Waals surface area contributed by atoms with Crippen molar-refractivity contribution < 1.29 is 5.94 Å². The molecule has 134 valence electrons. The molecule has 1 aliphatic carbocycles. The third-order valence-corrected chi connectivity index (χ3v) is 8.05. The van der Waals surface area contributed by atoms with Crippen molar-refractivity contribution in [1.82, 2.24) is 5.09 Å². The molecule has 0 amide bonds. The second-order valence-electron chi connectivity index (χ2n) is 8.14. The molecule has 1 fully saturated rings. The van der Waals surface area contributed by atoms with Crippen LogP contribution >= 0.6 is 7.29 Å². The van der Waals surface area contributed by atoms with Crippen LogP contribution in [-0.2, 0) is 4.57 Å². The summed E-state index contributed by atoms with van der Waals surface area (Å²) in [5.41, 5.74) is 0.268. The smallest absolute Gasteiger partial charge is 0.204 e. The molecule has 25 heavy (non-hydrogen) atoms. The van der Waals surface area contributed by atoms with E-state index in [0.29, 0.717) is 5.92 Å². The van der Waals surface area contributed by atoms with Gasteiger partial charge in [-0.25, -0.2) is 0 Å². The fraction of sp³-hybridized carbons (Fsp3) is 0.455. The number of benzene rings is 2. The summed E-state index contributed by atoms with van der Waals surface area (Å²) in [6.07, 6.45) is 3.48. The Balaban J connectivity index is 1.89. The lowest BCUT2D eigenvalue weighted by atomic mass is 9.71. The fourth-order valence-electron chi connectivity index (χ4n) is 3.72. The first-order valence-electron chi connectivity index (χ1n) is 9.74. The predicted octanol–water partition coefficient (Wildman–Crippen LogP) is 5.11. The fourth-order valence-corrected chi connectivity index (χ4v) is 6.13. The molecule has 0 bridgehead atoms. The van der Waals surface area contributed by atoms with Gasteiger partial charge < -0.3 is 0 Å². The van der Waals surface area contributed by atoms with Gasteiger partial charge in [-0.15, -0.1) is 0 Å². The maximum absolute atomic E-state index is 14.1. The van der Waals surface area contributed by atoms with Crippen molar-refractivity contribution in [3.63, 3.8) is 0 Å². The highest BCUT2D eigenvalue weighted by Crippen LogP contribution is 2.43. The highest BCUT2D eigenvalue weighted by molar-refractivity contribution is 7.76. The molecule has 0 spiro atoms. The highest BCUT2D eigenvalue weighted by atomic mass is 31.2. The van der Waals surface area contributed by atoms with Crippen LogP contribution in [0.5, 0.6) is 0 Å². The summed E-state index contributed by atoms with van der Waals surface area (Å²) in [4.78, 5) is 0. The van der Waals surface area contributed by atoms with Gasteiger partial charge in [0.05, 0.1) is 0 Å². The molecule has 0 heterocycles. The van der Waals surface area contributed by atoms with E-state index >= 15 is 0 Å². The van der Waals surface area contributed by atoms with Crippen molar-refractivity contribution in [3.8, 4) is 0 Å². The van der Waals surface area contributed by atoms with Gasteiger partial charge in [0.25, 0.3) is 0 Å².